The fraction of sp³-hybridized carbons (Fsp3) is 0. The van der Waals surface area contributed by atoms with Gasteiger partial charge in [0.1, 0.15) is 10.7 Å². The summed E-state index contributed by atoms with van der Waals surface area (Å²) in [6.07, 6.45) is 3.46. The van der Waals surface area contributed by atoms with Crippen LogP contribution >= 0.6 is 11.3 Å². The molecule has 12 heavy (non-hydrogen) atoms. The van der Waals surface area contributed by atoms with E-state index in [1.54, 1.807) is 17.9 Å². The van der Waals surface area contributed by atoms with Crippen molar-refractivity contribution in [1.82, 2.24) is 9.97 Å². The van der Waals surface area contributed by atoms with Crippen LogP contribution < -0.4 is 5.73 Å². The minimum absolute atomic E-state index is 0.751. The second-order valence-electron chi connectivity index (χ2n) is 2.30. The molecule has 3 nitrogen and oxygen atoms in total. The molecule has 2 aromatic heterocycles. The van der Waals surface area contributed by atoms with E-state index in [9.17, 15) is 0 Å². The summed E-state index contributed by atoms with van der Waals surface area (Å²) in [7, 11) is 0. The molecule has 2 aromatic rings. The Morgan fingerprint density at radius 1 is 1.25 bits per heavy atom. The first kappa shape index (κ1) is 7.24. The van der Waals surface area contributed by atoms with E-state index in [-0.39, 0.29) is 0 Å². The quantitative estimate of drug-likeness (QED) is 0.722. The fourth-order valence-electron chi connectivity index (χ4n) is 0.982. The highest BCUT2D eigenvalue weighted by molar-refractivity contribution is 7.14. The average molecular weight is 177 g/mol. The number of hydrogen-bond donors (Lipinski definition) is 1. The third kappa shape index (κ3) is 1.16. The van der Waals surface area contributed by atoms with Crippen LogP contribution in [-0.4, -0.2) is 9.97 Å². The minimum Gasteiger partial charge on any atom is -0.389 e. The van der Waals surface area contributed by atoms with Crippen molar-refractivity contribution in [3.63, 3.8) is 0 Å². The molecule has 0 bridgehead atoms. The minimum atomic E-state index is 0.751. The number of hydrogen-bond acceptors (Lipinski definition) is 4. The van der Waals surface area contributed by atoms with Crippen molar-refractivity contribution in [3.8, 4) is 11.3 Å². The molecule has 2 heterocycles. The van der Waals surface area contributed by atoms with Gasteiger partial charge in [0.25, 0.3) is 0 Å². The van der Waals surface area contributed by atoms with E-state index in [0.717, 1.165) is 16.3 Å². The van der Waals surface area contributed by atoms with Crippen molar-refractivity contribution >= 4 is 16.3 Å². The van der Waals surface area contributed by atoms with Crippen LogP contribution in [0, 0.1) is 0 Å². The standard InChI is InChI=1S/C8H7N3S/c9-8-7(11-5-12-8)6-1-3-10-4-2-6/h1-5H,9H2. The summed E-state index contributed by atoms with van der Waals surface area (Å²) in [4.78, 5) is 8.07. The number of nitrogens with zero attached hydrogens (tertiary/aromatic N) is 2. The van der Waals surface area contributed by atoms with E-state index in [0.29, 0.717) is 0 Å². The highest BCUT2D eigenvalue weighted by Crippen LogP contribution is 2.26. The smallest absolute Gasteiger partial charge is 0.114 e. The molecular formula is C8H7N3S. The number of anilines is 1. The van der Waals surface area contributed by atoms with Crippen LogP contribution in [0.3, 0.4) is 0 Å². The Morgan fingerprint density at radius 2 is 2.00 bits per heavy atom. The number of thiazole rings is 1. The van der Waals surface area contributed by atoms with Gasteiger partial charge in [0, 0.05) is 18.0 Å². The first-order valence-electron chi connectivity index (χ1n) is 3.47. The summed E-state index contributed by atoms with van der Waals surface area (Å²) >= 11 is 1.45. The largest absolute Gasteiger partial charge is 0.389 e. The van der Waals surface area contributed by atoms with Gasteiger partial charge >= 0.3 is 0 Å². The SMILES string of the molecule is Nc1scnc1-c1ccncc1. The molecule has 0 amide bonds. The van der Waals surface area contributed by atoms with Gasteiger partial charge in [-0.3, -0.25) is 4.98 Å². The molecular weight excluding hydrogens is 170 g/mol. The molecule has 0 aliphatic carbocycles. The Kier molecular flexibility index (Phi) is 1.75. The Bertz CT molecular complexity index is 369. The van der Waals surface area contributed by atoms with Crippen molar-refractivity contribution in [3.05, 3.63) is 30.0 Å². The Balaban J connectivity index is 2.51. The summed E-state index contributed by atoms with van der Waals surface area (Å²) in [6.45, 7) is 0. The molecule has 0 fully saturated rings. The molecule has 60 valence electrons. The average Bonchev–Trinajstić information content (AvgIpc) is 2.53. The number of aromatic nitrogens is 2. The maximum Gasteiger partial charge on any atom is 0.114 e. The number of pyridine rings is 1. The second kappa shape index (κ2) is 2.91. The van der Waals surface area contributed by atoms with Crippen LogP contribution in [0.1, 0.15) is 0 Å². The van der Waals surface area contributed by atoms with E-state index < -0.39 is 0 Å². The summed E-state index contributed by atoms with van der Waals surface area (Å²) in [5.74, 6) is 0. The van der Waals surface area contributed by atoms with Gasteiger partial charge in [-0.2, -0.15) is 0 Å². The molecule has 0 atom stereocenters. The molecule has 0 aromatic carbocycles. The maximum absolute atomic E-state index is 5.71. The predicted molar refractivity (Wildman–Crippen MR) is 49.8 cm³/mol. The molecule has 0 spiro atoms. The van der Waals surface area contributed by atoms with Crippen molar-refractivity contribution in [2.24, 2.45) is 0 Å². The molecule has 2 N–H and O–H groups in total. The van der Waals surface area contributed by atoms with Gasteiger partial charge in [-0.25, -0.2) is 4.98 Å². The van der Waals surface area contributed by atoms with Gasteiger partial charge in [0.05, 0.1) is 5.51 Å². The Hall–Kier alpha value is -1.42. The molecule has 2 rings (SSSR count). The third-order valence-corrected chi connectivity index (χ3v) is 2.21. The summed E-state index contributed by atoms with van der Waals surface area (Å²) in [5.41, 5.74) is 9.32. The molecule has 0 aliphatic rings. The van der Waals surface area contributed by atoms with Crippen molar-refractivity contribution < 1.29 is 0 Å². The van der Waals surface area contributed by atoms with Gasteiger partial charge < -0.3 is 5.73 Å². The number of nitrogen functional groups attached to an aromatic ring is 1. The maximum atomic E-state index is 5.71. The zero-order chi connectivity index (χ0) is 8.39. The van der Waals surface area contributed by atoms with Crippen LogP contribution in [-0.2, 0) is 0 Å². The zero-order valence-electron chi connectivity index (χ0n) is 6.27. The first-order valence-corrected chi connectivity index (χ1v) is 4.35. The fourth-order valence-corrected chi connectivity index (χ4v) is 1.54. The molecule has 0 radical (unpaired) electrons. The number of nitrogens with two attached hydrogens (primary N) is 1. The van der Waals surface area contributed by atoms with Crippen LogP contribution in [0.4, 0.5) is 5.00 Å². The van der Waals surface area contributed by atoms with Gasteiger partial charge in [-0.1, -0.05) is 0 Å². The molecule has 0 aliphatic heterocycles. The van der Waals surface area contributed by atoms with E-state index in [4.69, 9.17) is 5.73 Å². The topological polar surface area (TPSA) is 51.8 Å². The normalized spacial score (nSPS) is 10.0. The summed E-state index contributed by atoms with van der Waals surface area (Å²) in [6, 6.07) is 3.79. The zero-order valence-corrected chi connectivity index (χ0v) is 7.08. The molecule has 0 unspecified atom stereocenters. The van der Waals surface area contributed by atoms with Gasteiger partial charge in [-0.15, -0.1) is 11.3 Å². The summed E-state index contributed by atoms with van der Waals surface area (Å²) in [5, 5.41) is 0.751. The lowest BCUT2D eigenvalue weighted by atomic mass is 10.2. The lowest BCUT2D eigenvalue weighted by molar-refractivity contribution is 1.31. The second-order valence-corrected chi connectivity index (χ2v) is 3.19. The lowest BCUT2D eigenvalue weighted by Gasteiger charge is -1.95. The van der Waals surface area contributed by atoms with Crippen molar-refractivity contribution in [2.45, 2.75) is 0 Å². The number of rotatable bonds is 1. The van der Waals surface area contributed by atoms with E-state index in [2.05, 4.69) is 9.97 Å². The predicted octanol–water partition coefficient (Wildman–Crippen LogP) is 1.79. The highest BCUT2D eigenvalue weighted by Gasteiger charge is 2.03. The van der Waals surface area contributed by atoms with Gasteiger partial charge in [0.2, 0.25) is 0 Å². The van der Waals surface area contributed by atoms with Crippen molar-refractivity contribution in [2.75, 3.05) is 5.73 Å². The van der Waals surface area contributed by atoms with E-state index in [1.165, 1.54) is 11.3 Å². The molecule has 0 saturated heterocycles. The van der Waals surface area contributed by atoms with Crippen LogP contribution in [0.2, 0.25) is 0 Å². The van der Waals surface area contributed by atoms with Gasteiger partial charge in [0.15, 0.2) is 0 Å². The van der Waals surface area contributed by atoms with Crippen LogP contribution in [0.25, 0.3) is 11.3 Å². The monoisotopic (exact) mass is 177 g/mol. The van der Waals surface area contributed by atoms with Gasteiger partial charge in [-0.05, 0) is 12.1 Å². The van der Waals surface area contributed by atoms with E-state index >= 15 is 0 Å². The Labute approximate surface area is 73.9 Å². The Morgan fingerprint density at radius 3 is 2.58 bits per heavy atom. The third-order valence-electron chi connectivity index (χ3n) is 1.55. The van der Waals surface area contributed by atoms with Crippen LogP contribution in [0.5, 0.6) is 0 Å². The summed E-state index contributed by atoms with van der Waals surface area (Å²) < 4.78 is 0. The van der Waals surface area contributed by atoms with Crippen molar-refractivity contribution in [1.29, 1.82) is 0 Å². The van der Waals surface area contributed by atoms with E-state index in [1.807, 2.05) is 12.1 Å². The first-order chi connectivity index (χ1) is 5.88. The highest BCUT2D eigenvalue weighted by atomic mass is 32.1. The molecule has 0 saturated carbocycles. The lowest BCUT2D eigenvalue weighted by Crippen LogP contribution is -1.85. The molecule has 4 heteroatoms. The van der Waals surface area contributed by atoms with Crippen LogP contribution in [0.15, 0.2) is 30.0 Å².